The summed E-state index contributed by atoms with van der Waals surface area (Å²) in [5.74, 6) is -1.53. The van der Waals surface area contributed by atoms with Crippen LogP contribution in [0.5, 0.6) is 11.5 Å². The lowest BCUT2D eigenvalue weighted by molar-refractivity contribution is -0.138. The minimum atomic E-state index is -0.574. The number of carbonyl (C=O) groups excluding carboxylic acids is 4. The zero-order valence-electron chi connectivity index (χ0n) is 33.3. The van der Waals surface area contributed by atoms with Crippen molar-refractivity contribution >= 4 is 58.0 Å². The van der Waals surface area contributed by atoms with E-state index in [0.717, 1.165) is 23.5 Å². The third kappa shape index (κ3) is 14.3. The molecule has 0 fully saturated rings. The van der Waals surface area contributed by atoms with E-state index in [-0.39, 0.29) is 24.7 Å². The Balaban J connectivity index is 0.00000391. The number of hydrogen-bond acceptors (Lipinski definition) is 14. The van der Waals surface area contributed by atoms with Crippen LogP contribution in [0.3, 0.4) is 0 Å². The summed E-state index contributed by atoms with van der Waals surface area (Å²) in [5, 5.41) is 17.0. The summed E-state index contributed by atoms with van der Waals surface area (Å²) < 4.78 is 30.5. The Labute approximate surface area is 346 Å². The summed E-state index contributed by atoms with van der Waals surface area (Å²) in [5.41, 5.74) is 4.82. The molecule has 0 amide bonds. The van der Waals surface area contributed by atoms with Crippen LogP contribution in [0.4, 0.5) is 38.5 Å². The zero-order chi connectivity index (χ0) is 43.3. The molecule has 5 aromatic carbocycles. The van der Waals surface area contributed by atoms with Crippen LogP contribution in [0.1, 0.15) is 20.7 Å². The highest BCUT2D eigenvalue weighted by Crippen LogP contribution is 2.25. The number of hydrogen-bond donors (Lipinski definition) is 0. The minimum absolute atomic E-state index is 0.240. The second kappa shape index (κ2) is 23.4. The molecular weight excluding hydrogens is 772 g/mol. The fraction of sp³-hybridized carbons (Fsp3) is 0.156. The van der Waals surface area contributed by atoms with Crippen LogP contribution < -0.4 is 19.3 Å². The topological polar surface area (TPSA) is 161 Å². The molecule has 0 unspecified atom stereocenters. The second-order valence-corrected chi connectivity index (χ2v) is 12.4. The van der Waals surface area contributed by atoms with Gasteiger partial charge in [-0.05, 0) is 121 Å². The number of anilines is 2. The van der Waals surface area contributed by atoms with Crippen molar-refractivity contribution in [2.24, 2.45) is 20.5 Å². The molecule has 60 heavy (non-hydrogen) atoms. The van der Waals surface area contributed by atoms with Crippen LogP contribution >= 0.6 is 0 Å². The quantitative estimate of drug-likeness (QED) is 0.0360. The Bertz CT molecular complexity index is 2100. The molecule has 0 spiro atoms. The number of halogens is 1. The van der Waals surface area contributed by atoms with Crippen LogP contribution in [0.25, 0.3) is 0 Å². The first-order chi connectivity index (χ1) is 29.1. The lowest BCUT2D eigenvalue weighted by Crippen LogP contribution is -2.23. The second-order valence-electron chi connectivity index (χ2n) is 12.4. The maximum atomic E-state index is 12.8. The molecule has 0 aliphatic heterocycles. The van der Waals surface area contributed by atoms with Gasteiger partial charge in [0.2, 0.25) is 0 Å². The molecule has 5 rings (SSSR count). The van der Waals surface area contributed by atoms with Crippen molar-refractivity contribution in [1.29, 1.82) is 0 Å². The number of nitrogens with zero attached hydrogens (tertiary/aromatic N) is 6. The van der Waals surface area contributed by atoms with Gasteiger partial charge in [0.25, 0.3) is 0 Å². The molecule has 0 aliphatic rings. The average Bonchev–Trinajstić information content (AvgIpc) is 3.29. The van der Waals surface area contributed by atoms with E-state index in [4.69, 9.17) is 18.9 Å². The molecule has 0 heterocycles. The molecule has 0 saturated heterocycles. The lowest BCUT2D eigenvalue weighted by atomic mass is 10.2. The first-order valence-corrected chi connectivity index (χ1v) is 18.3. The highest BCUT2D eigenvalue weighted by atomic mass is 19.1. The van der Waals surface area contributed by atoms with Gasteiger partial charge >= 0.3 is 23.9 Å². The Morgan fingerprint density at radius 3 is 1.07 bits per heavy atom. The van der Waals surface area contributed by atoms with E-state index in [1.54, 1.807) is 48.5 Å². The Morgan fingerprint density at radius 1 is 0.500 bits per heavy atom. The van der Waals surface area contributed by atoms with Crippen molar-refractivity contribution in [3.05, 3.63) is 158 Å². The zero-order valence-corrected chi connectivity index (χ0v) is 33.3. The summed E-state index contributed by atoms with van der Waals surface area (Å²) >= 11 is 0. The number of alkyl halides is 1. The Hall–Kier alpha value is -7.81. The summed E-state index contributed by atoms with van der Waals surface area (Å²) in [6.45, 7) is 8.27. The number of carbonyl (C=O) groups is 4. The van der Waals surface area contributed by atoms with Gasteiger partial charge in [-0.25, -0.2) is 19.2 Å². The molecule has 0 N–H and O–H groups in total. The van der Waals surface area contributed by atoms with Gasteiger partial charge in [0, 0.05) is 37.6 Å². The molecule has 0 saturated carbocycles. The van der Waals surface area contributed by atoms with Crippen LogP contribution in [-0.2, 0) is 19.1 Å². The fourth-order valence-corrected chi connectivity index (χ4v) is 4.96. The van der Waals surface area contributed by atoms with E-state index in [9.17, 15) is 23.6 Å². The van der Waals surface area contributed by atoms with Gasteiger partial charge in [-0.15, -0.1) is 0 Å². The smallest absolute Gasteiger partial charge is 0.343 e. The third-order valence-electron chi connectivity index (χ3n) is 8.27. The number of azo groups is 2. The highest BCUT2D eigenvalue weighted by molar-refractivity contribution is 5.92. The largest absolute Gasteiger partial charge is 0.461 e. The number of likely N-dealkylation sites (N-methyl/N-ethyl adjacent to an activating group) is 2. The SMILES string of the molecule is C=CC(=O)OCCN(C)c1ccc(N=Nc2ccc(C(=O)Oc3ccc(OC(=O)c4ccc(N=Nc5ccc(N(C)CCOC(=O)C=C)cc5)cc4)cc3)cc2)cc1.CF. The van der Waals surface area contributed by atoms with Crippen LogP contribution in [0.2, 0.25) is 0 Å². The molecule has 0 aromatic heterocycles. The van der Waals surface area contributed by atoms with Gasteiger partial charge in [0.05, 0.1) is 54.1 Å². The number of ether oxygens (including phenoxy) is 4. The maximum absolute atomic E-state index is 12.8. The highest BCUT2D eigenvalue weighted by Gasteiger charge is 2.12. The summed E-state index contributed by atoms with van der Waals surface area (Å²) in [7, 11) is 4.27. The minimum Gasteiger partial charge on any atom is -0.461 e. The number of rotatable bonds is 18. The molecule has 5 aromatic rings. The van der Waals surface area contributed by atoms with E-state index >= 15 is 0 Å². The molecular formula is C45H43FN6O8. The van der Waals surface area contributed by atoms with Crippen LogP contribution in [0, 0.1) is 0 Å². The average molecular weight is 815 g/mol. The molecule has 15 heteroatoms. The van der Waals surface area contributed by atoms with E-state index in [1.807, 2.05) is 72.4 Å². The van der Waals surface area contributed by atoms with Gasteiger partial charge in [-0.3, -0.25) is 4.39 Å². The monoisotopic (exact) mass is 814 g/mol. The number of benzene rings is 5. The lowest BCUT2D eigenvalue weighted by Gasteiger charge is -2.18. The molecule has 0 bridgehead atoms. The number of esters is 4. The predicted molar refractivity (Wildman–Crippen MR) is 226 cm³/mol. The van der Waals surface area contributed by atoms with Crippen molar-refractivity contribution in [2.45, 2.75) is 0 Å². The summed E-state index contributed by atoms with van der Waals surface area (Å²) in [4.78, 5) is 51.9. The molecule has 14 nitrogen and oxygen atoms in total. The van der Waals surface area contributed by atoms with Gasteiger partial charge in [-0.2, -0.15) is 20.5 Å². The molecule has 0 aliphatic carbocycles. The standard InChI is InChI=1S/C44H40N6O8.CH3F/c1-5-41(51)55-29-27-49(3)37-19-15-35(16-20-37)47-45-33-11-7-31(8-12-33)43(53)57-39-23-25-40(26-24-39)58-44(54)32-9-13-34(14-10-32)46-48-36-17-21-38(22-18-36)50(4)28-30-56-42(52)6-2;1-2/h5-26H,1-2,27-30H2,3-4H3;1H3. The molecule has 308 valence electrons. The molecule has 0 radical (unpaired) electrons. The van der Waals surface area contributed by atoms with Gasteiger partial charge in [0.1, 0.15) is 24.7 Å². The predicted octanol–water partition coefficient (Wildman–Crippen LogP) is 9.87. The normalized spacial score (nSPS) is 10.5. The summed E-state index contributed by atoms with van der Waals surface area (Å²) in [6.07, 6.45) is 2.26. The fourth-order valence-electron chi connectivity index (χ4n) is 4.96. The van der Waals surface area contributed by atoms with E-state index in [2.05, 4.69) is 33.6 Å². The van der Waals surface area contributed by atoms with Crippen molar-refractivity contribution in [1.82, 2.24) is 0 Å². The van der Waals surface area contributed by atoms with Gasteiger partial charge < -0.3 is 28.7 Å². The Kier molecular flexibility index (Phi) is 17.5. The van der Waals surface area contributed by atoms with Crippen LogP contribution in [0.15, 0.2) is 167 Å². The maximum Gasteiger partial charge on any atom is 0.343 e. The van der Waals surface area contributed by atoms with Crippen molar-refractivity contribution in [3.8, 4) is 11.5 Å². The van der Waals surface area contributed by atoms with Crippen molar-refractivity contribution in [2.75, 3.05) is 57.4 Å². The first kappa shape index (κ1) is 44.9. The van der Waals surface area contributed by atoms with E-state index < -0.39 is 23.9 Å². The third-order valence-corrected chi connectivity index (χ3v) is 8.27. The van der Waals surface area contributed by atoms with Gasteiger partial charge in [-0.1, -0.05) is 13.2 Å². The van der Waals surface area contributed by atoms with Crippen molar-refractivity contribution < 1.29 is 42.5 Å². The van der Waals surface area contributed by atoms with Gasteiger partial charge in [0.15, 0.2) is 0 Å². The Morgan fingerprint density at radius 2 is 0.783 bits per heavy atom. The molecule has 0 atom stereocenters. The van der Waals surface area contributed by atoms with Crippen LogP contribution in [-0.4, -0.2) is 71.5 Å². The van der Waals surface area contributed by atoms with Crippen molar-refractivity contribution in [3.63, 3.8) is 0 Å². The first-order valence-electron chi connectivity index (χ1n) is 18.3. The van der Waals surface area contributed by atoms with E-state index in [1.165, 1.54) is 24.3 Å². The van der Waals surface area contributed by atoms with E-state index in [0.29, 0.717) is 54.1 Å². The summed E-state index contributed by atoms with van der Waals surface area (Å²) in [6, 6.07) is 33.9.